The number of carbonyl (C=O) groups is 1. The van der Waals surface area contributed by atoms with E-state index in [1.165, 1.54) is 18.2 Å². The molecule has 116 valence electrons. The third kappa shape index (κ3) is 3.75. The number of benzene rings is 1. The molecule has 1 aliphatic rings. The van der Waals surface area contributed by atoms with Crippen LogP contribution in [0.1, 0.15) is 36.8 Å². The molecule has 3 N–H and O–H groups in total. The number of halogens is 3. The standard InChI is InChI=1S/C15H19F3N2O/c16-15(17,18)12-5-2-1-4-11(12)9-20-13(21)8-14(10-19)6-3-7-14/h1-2,4-5H,3,6-10,19H2,(H,20,21). The van der Waals surface area contributed by atoms with E-state index < -0.39 is 11.7 Å². The van der Waals surface area contributed by atoms with Gasteiger partial charge in [0, 0.05) is 13.0 Å². The summed E-state index contributed by atoms with van der Waals surface area (Å²) in [5.41, 5.74) is 4.90. The third-order valence-electron chi connectivity index (χ3n) is 4.18. The first-order valence-electron chi connectivity index (χ1n) is 6.98. The Bertz CT molecular complexity index is 504. The van der Waals surface area contributed by atoms with E-state index >= 15 is 0 Å². The Labute approximate surface area is 121 Å². The molecule has 0 aliphatic heterocycles. The van der Waals surface area contributed by atoms with Crippen LogP contribution in [0, 0.1) is 5.41 Å². The summed E-state index contributed by atoms with van der Waals surface area (Å²) >= 11 is 0. The molecule has 1 amide bonds. The van der Waals surface area contributed by atoms with Crippen LogP contribution >= 0.6 is 0 Å². The maximum Gasteiger partial charge on any atom is 0.416 e. The fraction of sp³-hybridized carbons (Fsp3) is 0.533. The molecule has 1 aliphatic carbocycles. The summed E-state index contributed by atoms with van der Waals surface area (Å²) in [5.74, 6) is -0.239. The summed E-state index contributed by atoms with van der Waals surface area (Å²) in [6.07, 6.45) is -1.24. The van der Waals surface area contributed by atoms with E-state index in [-0.39, 0.29) is 29.9 Å². The van der Waals surface area contributed by atoms with Crippen molar-refractivity contribution in [2.45, 2.75) is 38.4 Å². The molecule has 1 fully saturated rings. The zero-order valence-electron chi connectivity index (χ0n) is 11.7. The van der Waals surface area contributed by atoms with Crippen LogP contribution in [0.25, 0.3) is 0 Å². The molecule has 2 rings (SSSR count). The van der Waals surface area contributed by atoms with Crippen LogP contribution in [0.2, 0.25) is 0 Å². The number of rotatable bonds is 5. The summed E-state index contributed by atoms with van der Waals surface area (Å²) in [7, 11) is 0. The van der Waals surface area contributed by atoms with Crippen LogP contribution in [0.3, 0.4) is 0 Å². The number of carbonyl (C=O) groups excluding carboxylic acids is 1. The highest BCUT2D eigenvalue weighted by Crippen LogP contribution is 2.42. The normalized spacial score (nSPS) is 17.1. The molecule has 0 atom stereocenters. The summed E-state index contributed by atoms with van der Waals surface area (Å²) in [6, 6.07) is 5.27. The smallest absolute Gasteiger partial charge is 0.352 e. The Morgan fingerprint density at radius 3 is 2.48 bits per heavy atom. The highest BCUT2D eigenvalue weighted by molar-refractivity contribution is 5.76. The summed E-state index contributed by atoms with van der Waals surface area (Å²) in [6.45, 7) is 0.328. The highest BCUT2D eigenvalue weighted by Gasteiger charge is 2.37. The molecule has 0 saturated heterocycles. The summed E-state index contributed by atoms with van der Waals surface area (Å²) < 4.78 is 38.5. The van der Waals surface area contributed by atoms with Crippen molar-refractivity contribution in [3.63, 3.8) is 0 Å². The van der Waals surface area contributed by atoms with E-state index in [1.54, 1.807) is 0 Å². The first kappa shape index (κ1) is 15.8. The lowest BCUT2D eigenvalue weighted by molar-refractivity contribution is -0.138. The van der Waals surface area contributed by atoms with Gasteiger partial charge in [0.25, 0.3) is 0 Å². The van der Waals surface area contributed by atoms with Gasteiger partial charge in [0.05, 0.1) is 5.56 Å². The van der Waals surface area contributed by atoms with Gasteiger partial charge in [0.2, 0.25) is 5.91 Å². The van der Waals surface area contributed by atoms with Gasteiger partial charge >= 0.3 is 6.18 Å². The first-order valence-corrected chi connectivity index (χ1v) is 6.98. The van der Waals surface area contributed by atoms with E-state index in [9.17, 15) is 18.0 Å². The minimum absolute atomic E-state index is 0.0776. The molecular formula is C15H19F3N2O. The second-order valence-corrected chi connectivity index (χ2v) is 5.67. The van der Waals surface area contributed by atoms with Gasteiger partial charge in [-0.15, -0.1) is 0 Å². The average molecular weight is 300 g/mol. The Hall–Kier alpha value is -1.56. The predicted octanol–water partition coefficient (Wildman–Crippen LogP) is 2.84. The summed E-state index contributed by atoms with van der Waals surface area (Å²) in [5, 5.41) is 2.58. The zero-order chi connectivity index (χ0) is 15.5. The Balaban J connectivity index is 1.96. The van der Waals surface area contributed by atoms with Crippen molar-refractivity contribution in [3.05, 3.63) is 35.4 Å². The van der Waals surface area contributed by atoms with Gasteiger partial charge in [-0.25, -0.2) is 0 Å². The Morgan fingerprint density at radius 2 is 1.95 bits per heavy atom. The molecule has 1 saturated carbocycles. The van der Waals surface area contributed by atoms with Crippen molar-refractivity contribution in [2.24, 2.45) is 11.1 Å². The number of hydrogen-bond donors (Lipinski definition) is 2. The zero-order valence-corrected chi connectivity index (χ0v) is 11.7. The number of nitrogens with two attached hydrogens (primary N) is 1. The van der Waals surface area contributed by atoms with Crippen molar-refractivity contribution in [3.8, 4) is 0 Å². The molecule has 1 aromatic carbocycles. The molecule has 0 aromatic heterocycles. The Morgan fingerprint density at radius 1 is 1.29 bits per heavy atom. The van der Waals surface area contributed by atoms with Gasteiger partial charge in [-0.1, -0.05) is 24.6 Å². The monoisotopic (exact) mass is 300 g/mol. The minimum Gasteiger partial charge on any atom is -0.352 e. The second-order valence-electron chi connectivity index (χ2n) is 5.67. The second kappa shape index (κ2) is 6.05. The van der Waals surface area contributed by atoms with Crippen LogP contribution in [-0.2, 0) is 17.5 Å². The van der Waals surface area contributed by atoms with Crippen molar-refractivity contribution >= 4 is 5.91 Å². The molecule has 1 aromatic rings. The molecular weight excluding hydrogens is 281 g/mol. The lowest BCUT2D eigenvalue weighted by Gasteiger charge is -2.40. The maximum absolute atomic E-state index is 12.8. The third-order valence-corrected chi connectivity index (χ3v) is 4.18. The van der Waals surface area contributed by atoms with Crippen LogP contribution in [0.4, 0.5) is 13.2 Å². The fourth-order valence-electron chi connectivity index (χ4n) is 2.68. The van der Waals surface area contributed by atoms with Gasteiger partial charge in [-0.05, 0) is 36.4 Å². The molecule has 0 spiro atoms. The molecule has 3 nitrogen and oxygen atoms in total. The number of amides is 1. The Kier molecular flexibility index (Phi) is 4.56. The topological polar surface area (TPSA) is 55.1 Å². The van der Waals surface area contributed by atoms with Crippen molar-refractivity contribution in [1.29, 1.82) is 0 Å². The van der Waals surface area contributed by atoms with Crippen molar-refractivity contribution < 1.29 is 18.0 Å². The average Bonchev–Trinajstić information content (AvgIpc) is 2.40. The van der Waals surface area contributed by atoms with E-state index in [4.69, 9.17) is 5.73 Å². The molecule has 21 heavy (non-hydrogen) atoms. The molecule has 6 heteroatoms. The minimum atomic E-state index is -4.41. The van der Waals surface area contributed by atoms with Gasteiger partial charge in [-0.3, -0.25) is 4.79 Å². The van der Waals surface area contributed by atoms with E-state index in [2.05, 4.69) is 5.32 Å². The first-order chi connectivity index (χ1) is 9.86. The van der Waals surface area contributed by atoms with Gasteiger partial charge in [0.1, 0.15) is 0 Å². The van der Waals surface area contributed by atoms with E-state index in [1.807, 2.05) is 0 Å². The van der Waals surface area contributed by atoms with Gasteiger partial charge in [0.15, 0.2) is 0 Å². The van der Waals surface area contributed by atoms with Crippen LogP contribution in [0.5, 0.6) is 0 Å². The largest absolute Gasteiger partial charge is 0.416 e. The number of alkyl halides is 3. The lowest BCUT2D eigenvalue weighted by Crippen LogP contribution is -2.41. The molecule has 0 unspecified atom stereocenters. The van der Waals surface area contributed by atoms with Crippen molar-refractivity contribution in [2.75, 3.05) is 6.54 Å². The van der Waals surface area contributed by atoms with E-state index in [0.29, 0.717) is 6.54 Å². The predicted molar refractivity (Wildman–Crippen MR) is 73.2 cm³/mol. The fourth-order valence-corrected chi connectivity index (χ4v) is 2.68. The van der Waals surface area contributed by atoms with Gasteiger partial charge in [-0.2, -0.15) is 13.2 Å². The molecule has 0 radical (unpaired) electrons. The lowest BCUT2D eigenvalue weighted by atomic mass is 9.66. The van der Waals surface area contributed by atoms with Crippen molar-refractivity contribution in [1.82, 2.24) is 5.32 Å². The SMILES string of the molecule is NCC1(CC(=O)NCc2ccccc2C(F)(F)F)CCC1. The highest BCUT2D eigenvalue weighted by atomic mass is 19.4. The quantitative estimate of drug-likeness (QED) is 0.878. The molecule has 0 bridgehead atoms. The number of hydrogen-bond acceptors (Lipinski definition) is 2. The van der Waals surface area contributed by atoms with Crippen LogP contribution in [0.15, 0.2) is 24.3 Å². The summed E-state index contributed by atoms with van der Waals surface area (Å²) in [4.78, 5) is 11.9. The van der Waals surface area contributed by atoms with E-state index in [0.717, 1.165) is 25.3 Å². The van der Waals surface area contributed by atoms with Gasteiger partial charge < -0.3 is 11.1 Å². The molecule has 0 heterocycles. The maximum atomic E-state index is 12.8. The van der Waals surface area contributed by atoms with Crippen LogP contribution in [-0.4, -0.2) is 12.5 Å². The number of nitrogens with one attached hydrogen (secondary N) is 1. The van der Waals surface area contributed by atoms with Crippen LogP contribution < -0.4 is 11.1 Å².